The number of carbonyl (C=O) groups excluding carboxylic acids is 2. The van der Waals surface area contributed by atoms with E-state index in [1.807, 2.05) is 51.1 Å². The highest BCUT2D eigenvalue weighted by Gasteiger charge is 2.40. The zero-order valence-corrected chi connectivity index (χ0v) is 19.3. The minimum absolute atomic E-state index is 0.137. The van der Waals surface area contributed by atoms with E-state index < -0.39 is 18.2 Å². The molecule has 0 saturated carbocycles. The van der Waals surface area contributed by atoms with Crippen molar-refractivity contribution in [1.82, 2.24) is 15.2 Å². The number of pyridine rings is 1. The van der Waals surface area contributed by atoms with Crippen molar-refractivity contribution in [1.29, 1.82) is 0 Å². The third-order valence-corrected chi connectivity index (χ3v) is 5.78. The molecule has 0 unspecified atom stereocenters. The van der Waals surface area contributed by atoms with Crippen LogP contribution < -0.4 is 5.32 Å². The van der Waals surface area contributed by atoms with Crippen molar-refractivity contribution in [3.05, 3.63) is 53.3 Å². The van der Waals surface area contributed by atoms with Gasteiger partial charge in [0.2, 0.25) is 11.8 Å². The fraction of sp³-hybridized carbons (Fsp3) is 0.458. The predicted molar refractivity (Wildman–Crippen MR) is 123 cm³/mol. The Morgan fingerprint density at radius 1 is 1.25 bits per heavy atom. The van der Waals surface area contributed by atoms with E-state index in [9.17, 15) is 19.8 Å². The number of likely N-dealkylation sites (tertiary alicyclic amines) is 1. The molecule has 7 nitrogen and oxygen atoms in total. The Morgan fingerprint density at radius 2 is 1.94 bits per heavy atom. The number of rotatable bonds is 6. The molecular weight excluding hydrogens is 430 g/mol. The van der Waals surface area contributed by atoms with Crippen molar-refractivity contribution in [3.8, 4) is 11.1 Å². The second-order valence-corrected chi connectivity index (χ2v) is 9.82. The molecule has 0 radical (unpaired) electrons. The van der Waals surface area contributed by atoms with Crippen LogP contribution in [0.5, 0.6) is 0 Å². The summed E-state index contributed by atoms with van der Waals surface area (Å²) in [5.74, 6) is -0.544. The molecule has 172 valence electrons. The number of aliphatic hydroxyl groups excluding tert-OH is 2. The summed E-state index contributed by atoms with van der Waals surface area (Å²) in [6, 6.07) is 7.79. The summed E-state index contributed by atoms with van der Waals surface area (Å²) in [5.41, 5.74) is 2.23. The number of nitrogens with one attached hydrogen (secondary N) is 1. The summed E-state index contributed by atoms with van der Waals surface area (Å²) < 4.78 is 0. The molecule has 1 aromatic heterocycles. The summed E-state index contributed by atoms with van der Waals surface area (Å²) in [6.07, 6.45) is 2.95. The standard InChI is InChI=1S/C24H30ClN3O4/c1-24(2,3)11-22(31)28-13-17(30)10-21(28)23(32)27-20(14-29)16-6-4-15(5-7-16)18-8-9-26-12-19(18)25/h4-9,12,17,20-21,29-30H,10-11,13-14H2,1-3H3,(H,27,32)/t17-,20+,21+/m1/s1. The number of halogens is 1. The Kier molecular flexibility index (Phi) is 7.54. The van der Waals surface area contributed by atoms with Crippen LogP contribution in [0, 0.1) is 5.41 Å². The molecule has 3 atom stereocenters. The van der Waals surface area contributed by atoms with Crippen LogP contribution in [0.15, 0.2) is 42.7 Å². The Morgan fingerprint density at radius 3 is 2.53 bits per heavy atom. The van der Waals surface area contributed by atoms with Crippen LogP contribution in [0.2, 0.25) is 5.02 Å². The molecule has 8 heteroatoms. The van der Waals surface area contributed by atoms with Crippen LogP contribution in [0.3, 0.4) is 0 Å². The van der Waals surface area contributed by atoms with Gasteiger partial charge in [0, 0.05) is 37.3 Å². The summed E-state index contributed by atoms with van der Waals surface area (Å²) in [5, 5.41) is 23.4. The number of aromatic nitrogens is 1. The van der Waals surface area contributed by atoms with Crippen molar-refractivity contribution >= 4 is 23.4 Å². The minimum atomic E-state index is -0.760. The number of β-amino-alcohol motifs (C(OH)–C–C–N with tert-alkyl or cyclic N) is 1. The van der Waals surface area contributed by atoms with E-state index in [1.54, 1.807) is 12.4 Å². The molecule has 2 heterocycles. The SMILES string of the molecule is CC(C)(C)CC(=O)N1C[C@H](O)C[C@H]1C(=O)N[C@@H](CO)c1ccc(-c2ccncc2Cl)cc1. The van der Waals surface area contributed by atoms with Crippen LogP contribution in [-0.2, 0) is 9.59 Å². The number of hydrogen-bond acceptors (Lipinski definition) is 5. The molecule has 0 aliphatic carbocycles. The third-order valence-electron chi connectivity index (χ3n) is 5.48. The van der Waals surface area contributed by atoms with Gasteiger partial charge in [0.25, 0.3) is 0 Å². The highest BCUT2D eigenvalue weighted by atomic mass is 35.5. The van der Waals surface area contributed by atoms with Gasteiger partial charge in [-0.25, -0.2) is 0 Å². The lowest BCUT2D eigenvalue weighted by molar-refractivity contribution is -0.140. The minimum Gasteiger partial charge on any atom is -0.394 e. The molecule has 0 spiro atoms. The maximum absolute atomic E-state index is 13.0. The first-order valence-corrected chi connectivity index (χ1v) is 11.1. The van der Waals surface area contributed by atoms with Gasteiger partial charge < -0.3 is 20.4 Å². The lowest BCUT2D eigenvalue weighted by atomic mass is 9.91. The van der Waals surface area contributed by atoms with Crippen LogP contribution in [-0.4, -0.2) is 57.2 Å². The number of carbonyl (C=O) groups is 2. The fourth-order valence-corrected chi connectivity index (χ4v) is 4.13. The average molecular weight is 460 g/mol. The second kappa shape index (κ2) is 9.98. The molecule has 3 rings (SSSR count). The highest BCUT2D eigenvalue weighted by Crippen LogP contribution is 2.29. The monoisotopic (exact) mass is 459 g/mol. The molecule has 1 fully saturated rings. The lowest BCUT2D eigenvalue weighted by Gasteiger charge is -2.28. The van der Waals surface area contributed by atoms with Crippen molar-refractivity contribution in [2.75, 3.05) is 13.2 Å². The van der Waals surface area contributed by atoms with Crippen molar-refractivity contribution in [3.63, 3.8) is 0 Å². The molecule has 1 aliphatic rings. The Labute approximate surface area is 193 Å². The van der Waals surface area contributed by atoms with Gasteiger partial charge in [-0.05, 0) is 22.6 Å². The third kappa shape index (κ3) is 5.85. The van der Waals surface area contributed by atoms with Gasteiger partial charge in [-0.15, -0.1) is 0 Å². The number of hydrogen-bond donors (Lipinski definition) is 3. The smallest absolute Gasteiger partial charge is 0.243 e. The van der Waals surface area contributed by atoms with Gasteiger partial charge in [-0.2, -0.15) is 0 Å². The Balaban J connectivity index is 1.72. The van der Waals surface area contributed by atoms with Gasteiger partial charge in [0.1, 0.15) is 6.04 Å². The highest BCUT2D eigenvalue weighted by molar-refractivity contribution is 6.33. The van der Waals surface area contributed by atoms with Gasteiger partial charge in [-0.3, -0.25) is 14.6 Å². The topological polar surface area (TPSA) is 103 Å². The molecule has 1 saturated heterocycles. The van der Waals surface area contributed by atoms with Crippen molar-refractivity contribution < 1.29 is 19.8 Å². The number of aliphatic hydroxyl groups is 2. The van der Waals surface area contributed by atoms with Crippen LogP contribution in [0.1, 0.15) is 45.2 Å². The fourth-order valence-electron chi connectivity index (χ4n) is 3.90. The predicted octanol–water partition coefficient (Wildman–Crippen LogP) is 2.95. The summed E-state index contributed by atoms with van der Waals surface area (Å²) >= 11 is 6.21. The van der Waals surface area contributed by atoms with Gasteiger partial charge in [-0.1, -0.05) is 56.6 Å². The molecule has 1 aliphatic heterocycles. The maximum Gasteiger partial charge on any atom is 0.243 e. The quantitative estimate of drug-likeness (QED) is 0.616. The van der Waals surface area contributed by atoms with Gasteiger partial charge in [0.05, 0.1) is 23.8 Å². The first-order valence-electron chi connectivity index (χ1n) is 10.7. The molecule has 3 N–H and O–H groups in total. The van der Waals surface area contributed by atoms with Crippen LogP contribution >= 0.6 is 11.6 Å². The van der Waals surface area contributed by atoms with Crippen molar-refractivity contribution in [2.45, 2.75) is 51.8 Å². The lowest BCUT2D eigenvalue weighted by Crippen LogP contribution is -2.48. The molecule has 2 aromatic rings. The Hall–Kier alpha value is -2.48. The molecule has 2 amide bonds. The summed E-state index contributed by atoms with van der Waals surface area (Å²) in [7, 11) is 0. The number of nitrogens with zero attached hydrogens (tertiary/aromatic N) is 2. The van der Waals surface area contributed by atoms with E-state index in [4.69, 9.17) is 11.6 Å². The average Bonchev–Trinajstić information content (AvgIpc) is 3.13. The number of benzene rings is 1. The second-order valence-electron chi connectivity index (χ2n) is 9.41. The van der Waals surface area contributed by atoms with E-state index in [2.05, 4.69) is 10.3 Å². The molecular formula is C24H30ClN3O4. The molecule has 1 aromatic carbocycles. The van der Waals surface area contributed by atoms with Crippen LogP contribution in [0.25, 0.3) is 11.1 Å². The molecule has 0 bridgehead atoms. The number of amides is 2. The normalized spacial score (nSPS) is 19.6. The van der Waals surface area contributed by atoms with E-state index in [0.29, 0.717) is 5.02 Å². The van der Waals surface area contributed by atoms with Gasteiger partial charge >= 0.3 is 0 Å². The van der Waals surface area contributed by atoms with Crippen LogP contribution in [0.4, 0.5) is 0 Å². The zero-order chi connectivity index (χ0) is 23.5. The molecule has 32 heavy (non-hydrogen) atoms. The van der Waals surface area contributed by atoms with E-state index in [1.165, 1.54) is 4.90 Å². The Bertz CT molecular complexity index is 958. The van der Waals surface area contributed by atoms with E-state index in [-0.39, 0.29) is 43.2 Å². The summed E-state index contributed by atoms with van der Waals surface area (Å²) in [4.78, 5) is 31.1. The first kappa shape index (κ1) is 24.2. The van der Waals surface area contributed by atoms with E-state index >= 15 is 0 Å². The van der Waals surface area contributed by atoms with Crippen molar-refractivity contribution in [2.24, 2.45) is 5.41 Å². The van der Waals surface area contributed by atoms with E-state index in [0.717, 1.165) is 16.7 Å². The largest absolute Gasteiger partial charge is 0.394 e. The maximum atomic E-state index is 13.0. The first-order chi connectivity index (χ1) is 15.1. The van der Waals surface area contributed by atoms with Gasteiger partial charge in [0.15, 0.2) is 0 Å². The summed E-state index contributed by atoms with van der Waals surface area (Å²) in [6.45, 7) is 5.70. The zero-order valence-electron chi connectivity index (χ0n) is 18.6.